The number of hydrogen-bond donors (Lipinski definition) is 2. The molecule has 0 atom stereocenters. The van der Waals surface area contributed by atoms with Gasteiger partial charge in [0, 0.05) is 26.2 Å². The highest BCUT2D eigenvalue weighted by atomic mass is 16.6. The summed E-state index contributed by atoms with van der Waals surface area (Å²) in [5.74, 6) is 5.83. The van der Waals surface area contributed by atoms with Crippen molar-refractivity contribution in [3.63, 3.8) is 0 Å². The molecule has 1 aliphatic rings. The average molecular weight is 351 g/mol. The summed E-state index contributed by atoms with van der Waals surface area (Å²) in [6.07, 6.45) is 0.597. The van der Waals surface area contributed by atoms with E-state index in [2.05, 4.69) is 27.2 Å². The van der Waals surface area contributed by atoms with Crippen LogP contribution in [-0.2, 0) is 22.5 Å². The highest BCUT2D eigenvalue weighted by molar-refractivity contribution is 5.67. The molecule has 0 aromatic heterocycles. The molecule has 0 spiro atoms. The third kappa shape index (κ3) is 6.89. The maximum Gasteiger partial charge on any atom is 0.407 e. The van der Waals surface area contributed by atoms with Crippen molar-refractivity contribution < 1.29 is 19.1 Å². The maximum atomic E-state index is 11.7. The number of carbonyl (C=O) groups excluding carboxylic acids is 1. The first-order chi connectivity index (χ1) is 11.9. The van der Waals surface area contributed by atoms with Gasteiger partial charge < -0.3 is 19.6 Å². The van der Waals surface area contributed by atoms with Crippen molar-refractivity contribution in [2.24, 2.45) is 5.90 Å². The van der Waals surface area contributed by atoms with Gasteiger partial charge in [0.15, 0.2) is 0 Å². The molecule has 0 fully saturated rings. The van der Waals surface area contributed by atoms with Crippen LogP contribution in [0.2, 0.25) is 0 Å². The van der Waals surface area contributed by atoms with E-state index in [4.69, 9.17) is 15.4 Å². The predicted molar refractivity (Wildman–Crippen MR) is 95.3 cm³/mol. The first-order valence-corrected chi connectivity index (χ1v) is 8.63. The minimum absolute atomic E-state index is 0.367. The lowest BCUT2D eigenvalue weighted by Gasteiger charge is -2.29. The summed E-state index contributed by atoms with van der Waals surface area (Å²) in [6.45, 7) is 9.58. The molecule has 140 valence electrons. The summed E-state index contributed by atoms with van der Waals surface area (Å²) in [5, 5.41) is 2.80. The number of amides is 1. The van der Waals surface area contributed by atoms with E-state index in [9.17, 15) is 4.79 Å². The van der Waals surface area contributed by atoms with Crippen molar-refractivity contribution in [3.05, 3.63) is 29.3 Å². The second kappa shape index (κ2) is 9.03. The molecule has 0 aliphatic carbocycles. The highest BCUT2D eigenvalue weighted by Crippen LogP contribution is 2.23. The lowest BCUT2D eigenvalue weighted by Crippen LogP contribution is -2.39. The van der Waals surface area contributed by atoms with E-state index in [1.807, 2.05) is 26.8 Å². The van der Waals surface area contributed by atoms with Gasteiger partial charge in [0.05, 0.1) is 0 Å². The van der Waals surface area contributed by atoms with Gasteiger partial charge in [0.25, 0.3) is 0 Å². The molecule has 0 unspecified atom stereocenters. The van der Waals surface area contributed by atoms with E-state index >= 15 is 0 Å². The zero-order valence-corrected chi connectivity index (χ0v) is 15.3. The largest absolute Gasteiger partial charge is 0.491 e. The third-order valence-electron chi connectivity index (χ3n) is 3.84. The summed E-state index contributed by atoms with van der Waals surface area (Å²) in [4.78, 5) is 18.5. The Balaban J connectivity index is 1.76. The molecule has 7 heteroatoms. The first kappa shape index (κ1) is 19.5. The maximum absolute atomic E-state index is 11.7. The number of fused-ring (bicyclic) bond motifs is 1. The van der Waals surface area contributed by atoms with Crippen LogP contribution >= 0.6 is 0 Å². The molecule has 0 saturated carbocycles. The Morgan fingerprint density at radius 3 is 2.80 bits per heavy atom. The Morgan fingerprint density at radius 1 is 1.28 bits per heavy atom. The number of alkyl carbamates (subject to hydrolysis) is 1. The number of carbonyl (C=O) groups is 1. The van der Waals surface area contributed by atoms with Crippen molar-refractivity contribution >= 4 is 6.09 Å². The van der Waals surface area contributed by atoms with Crippen LogP contribution in [0.4, 0.5) is 4.79 Å². The smallest absolute Gasteiger partial charge is 0.407 e. The fraction of sp³-hybridized carbons (Fsp3) is 0.611. The SMILES string of the molecule is CC(C)(C)OC(=O)NCCN1CCc2cc(OCCON)ccc2C1. The van der Waals surface area contributed by atoms with Crippen molar-refractivity contribution in [3.8, 4) is 5.75 Å². The number of ether oxygens (including phenoxy) is 2. The number of rotatable bonds is 7. The Bertz CT molecular complexity index is 572. The number of nitrogens with zero attached hydrogens (tertiary/aromatic N) is 1. The summed E-state index contributed by atoms with van der Waals surface area (Å²) < 4.78 is 10.8. The van der Waals surface area contributed by atoms with Crippen molar-refractivity contribution in [1.29, 1.82) is 0 Å². The summed E-state index contributed by atoms with van der Waals surface area (Å²) in [5.41, 5.74) is 2.14. The van der Waals surface area contributed by atoms with Gasteiger partial charge in [-0.15, -0.1) is 0 Å². The number of benzene rings is 1. The van der Waals surface area contributed by atoms with Gasteiger partial charge in [-0.05, 0) is 50.5 Å². The van der Waals surface area contributed by atoms with Crippen LogP contribution in [0.3, 0.4) is 0 Å². The van der Waals surface area contributed by atoms with E-state index in [1.165, 1.54) is 11.1 Å². The number of hydrogen-bond acceptors (Lipinski definition) is 6. The summed E-state index contributed by atoms with van der Waals surface area (Å²) in [6, 6.07) is 6.15. The van der Waals surface area contributed by atoms with Crippen LogP contribution in [0.15, 0.2) is 18.2 Å². The van der Waals surface area contributed by atoms with Gasteiger partial charge in [0.1, 0.15) is 24.6 Å². The predicted octanol–water partition coefficient (Wildman–Crippen LogP) is 1.84. The zero-order valence-electron chi connectivity index (χ0n) is 15.3. The Labute approximate surface area is 149 Å². The Hall–Kier alpha value is -1.83. The van der Waals surface area contributed by atoms with Crippen LogP contribution in [0.5, 0.6) is 5.75 Å². The molecule has 3 N–H and O–H groups in total. The molecule has 2 rings (SSSR count). The molecule has 0 saturated heterocycles. The normalized spacial score (nSPS) is 14.7. The van der Waals surface area contributed by atoms with Crippen molar-refractivity contribution in [1.82, 2.24) is 10.2 Å². The Kier molecular flexibility index (Phi) is 7.04. The minimum Gasteiger partial charge on any atom is -0.491 e. The van der Waals surface area contributed by atoms with E-state index < -0.39 is 5.60 Å². The molecule has 0 bridgehead atoms. The second-order valence-electron chi connectivity index (χ2n) is 7.10. The van der Waals surface area contributed by atoms with Gasteiger partial charge in [0.2, 0.25) is 0 Å². The van der Waals surface area contributed by atoms with Crippen molar-refractivity contribution in [2.75, 3.05) is 32.8 Å². The van der Waals surface area contributed by atoms with E-state index in [0.717, 1.165) is 31.8 Å². The lowest BCUT2D eigenvalue weighted by atomic mass is 9.99. The fourth-order valence-corrected chi connectivity index (χ4v) is 2.71. The van der Waals surface area contributed by atoms with Crippen LogP contribution in [-0.4, -0.2) is 49.4 Å². The molecular formula is C18H29N3O4. The minimum atomic E-state index is -0.468. The quantitative estimate of drug-likeness (QED) is 0.576. The van der Waals surface area contributed by atoms with Crippen molar-refractivity contribution in [2.45, 2.75) is 39.3 Å². The van der Waals surface area contributed by atoms with E-state index in [1.54, 1.807) is 0 Å². The monoisotopic (exact) mass is 351 g/mol. The number of nitrogens with one attached hydrogen (secondary N) is 1. The topological polar surface area (TPSA) is 86.0 Å². The molecular weight excluding hydrogens is 322 g/mol. The van der Waals surface area contributed by atoms with Crippen LogP contribution in [0, 0.1) is 0 Å². The van der Waals surface area contributed by atoms with Gasteiger partial charge in [-0.1, -0.05) is 6.07 Å². The average Bonchev–Trinajstić information content (AvgIpc) is 2.53. The number of nitrogens with two attached hydrogens (primary N) is 1. The summed E-state index contributed by atoms with van der Waals surface area (Å²) >= 11 is 0. The second-order valence-corrected chi connectivity index (χ2v) is 7.10. The van der Waals surface area contributed by atoms with Crippen LogP contribution < -0.4 is 16.0 Å². The fourth-order valence-electron chi connectivity index (χ4n) is 2.71. The van der Waals surface area contributed by atoms with Gasteiger partial charge in [-0.3, -0.25) is 4.90 Å². The molecule has 1 aromatic rings. The molecule has 1 heterocycles. The first-order valence-electron chi connectivity index (χ1n) is 8.63. The van der Waals surface area contributed by atoms with Gasteiger partial charge in [-0.2, -0.15) is 0 Å². The molecule has 1 aliphatic heterocycles. The van der Waals surface area contributed by atoms with Gasteiger partial charge >= 0.3 is 6.09 Å². The Morgan fingerprint density at radius 2 is 2.08 bits per heavy atom. The molecule has 0 radical (unpaired) electrons. The molecule has 7 nitrogen and oxygen atoms in total. The summed E-state index contributed by atoms with van der Waals surface area (Å²) in [7, 11) is 0. The molecule has 1 aromatic carbocycles. The standard InChI is InChI=1S/C18H29N3O4/c1-18(2,3)25-17(22)20-7-9-21-8-6-14-12-16(23-10-11-24-19)5-4-15(14)13-21/h4-5,12H,6-11,13,19H2,1-3H3,(H,20,22). The zero-order chi connectivity index (χ0) is 18.3. The highest BCUT2D eigenvalue weighted by Gasteiger charge is 2.18. The van der Waals surface area contributed by atoms with E-state index in [-0.39, 0.29) is 6.09 Å². The third-order valence-corrected chi connectivity index (χ3v) is 3.84. The lowest BCUT2D eigenvalue weighted by molar-refractivity contribution is 0.0521. The van der Waals surface area contributed by atoms with Crippen LogP contribution in [0.1, 0.15) is 31.9 Å². The van der Waals surface area contributed by atoms with E-state index in [0.29, 0.717) is 19.8 Å². The molecule has 25 heavy (non-hydrogen) atoms. The van der Waals surface area contributed by atoms with Gasteiger partial charge in [-0.25, -0.2) is 10.7 Å². The molecule has 1 amide bonds. The van der Waals surface area contributed by atoms with Crippen LogP contribution in [0.25, 0.3) is 0 Å².